The fraction of sp³-hybridized carbons (Fsp3) is 0.632. The van der Waals surface area contributed by atoms with Gasteiger partial charge in [0.05, 0.1) is 25.4 Å². The lowest BCUT2D eigenvalue weighted by atomic mass is 10.0. The van der Waals surface area contributed by atoms with Gasteiger partial charge >= 0.3 is 0 Å². The Morgan fingerprint density at radius 1 is 1.24 bits per heavy atom. The molecule has 3 rings (SSSR count). The monoisotopic (exact) mass is 347 g/mol. The van der Waals surface area contributed by atoms with E-state index in [9.17, 15) is 4.79 Å². The molecule has 3 N–H and O–H groups in total. The molecule has 2 heterocycles. The minimum absolute atomic E-state index is 0.0149. The summed E-state index contributed by atoms with van der Waals surface area (Å²) >= 11 is 0. The average molecular weight is 347 g/mol. The van der Waals surface area contributed by atoms with Crippen molar-refractivity contribution in [2.45, 2.75) is 44.4 Å². The molecule has 2 aliphatic rings. The fourth-order valence-corrected chi connectivity index (χ4v) is 3.37. The van der Waals surface area contributed by atoms with Gasteiger partial charge in [-0.2, -0.15) is 0 Å². The van der Waals surface area contributed by atoms with Crippen LogP contribution in [0.25, 0.3) is 0 Å². The van der Waals surface area contributed by atoms with Crippen molar-refractivity contribution in [1.82, 2.24) is 16.2 Å². The Bertz CT molecular complexity index is 520. The number of carbonyl (C=O) groups is 1. The van der Waals surface area contributed by atoms with E-state index in [2.05, 4.69) is 28.3 Å². The zero-order chi connectivity index (χ0) is 17.3. The summed E-state index contributed by atoms with van der Waals surface area (Å²) in [4.78, 5) is 12.3. The number of amides is 1. The number of hydrogen-bond acceptors (Lipinski definition) is 5. The highest BCUT2D eigenvalue weighted by Crippen LogP contribution is 2.15. The van der Waals surface area contributed by atoms with Crippen LogP contribution >= 0.6 is 0 Å². The number of ether oxygens (including phenoxy) is 2. The van der Waals surface area contributed by atoms with Crippen molar-refractivity contribution >= 4 is 5.91 Å². The molecule has 0 aromatic heterocycles. The van der Waals surface area contributed by atoms with Crippen molar-refractivity contribution in [1.29, 1.82) is 0 Å². The lowest BCUT2D eigenvalue weighted by Gasteiger charge is -2.32. The molecule has 2 saturated heterocycles. The van der Waals surface area contributed by atoms with Crippen LogP contribution in [0.2, 0.25) is 0 Å². The van der Waals surface area contributed by atoms with Crippen molar-refractivity contribution in [3.8, 4) is 0 Å². The van der Waals surface area contributed by atoms with E-state index in [0.29, 0.717) is 32.2 Å². The Morgan fingerprint density at radius 2 is 2.04 bits per heavy atom. The maximum Gasteiger partial charge on any atom is 0.220 e. The van der Waals surface area contributed by atoms with Crippen molar-refractivity contribution in [3.63, 3.8) is 0 Å². The van der Waals surface area contributed by atoms with Gasteiger partial charge in [0.25, 0.3) is 0 Å². The van der Waals surface area contributed by atoms with E-state index in [-0.39, 0.29) is 18.1 Å². The van der Waals surface area contributed by atoms with Crippen LogP contribution in [-0.2, 0) is 20.9 Å². The highest BCUT2D eigenvalue weighted by Gasteiger charge is 2.28. The van der Waals surface area contributed by atoms with Crippen LogP contribution in [0.15, 0.2) is 30.3 Å². The molecule has 0 aliphatic carbocycles. The molecule has 0 bridgehead atoms. The highest BCUT2D eigenvalue weighted by molar-refractivity contribution is 5.76. The molecular formula is C19H29N3O3. The van der Waals surface area contributed by atoms with Gasteiger partial charge in [0, 0.05) is 26.1 Å². The van der Waals surface area contributed by atoms with Crippen molar-refractivity contribution in [3.05, 3.63) is 35.9 Å². The number of rotatable bonds is 8. The van der Waals surface area contributed by atoms with Gasteiger partial charge in [0.15, 0.2) is 0 Å². The highest BCUT2D eigenvalue weighted by atomic mass is 16.5. The summed E-state index contributed by atoms with van der Waals surface area (Å²) in [6.07, 6.45) is 3.39. The molecule has 1 amide bonds. The van der Waals surface area contributed by atoms with Crippen LogP contribution in [0.1, 0.15) is 31.2 Å². The molecule has 1 aromatic carbocycles. The van der Waals surface area contributed by atoms with Crippen LogP contribution in [0.4, 0.5) is 0 Å². The lowest BCUT2D eigenvalue weighted by molar-refractivity contribution is -0.126. The van der Waals surface area contributed by atoms with Gasteiger partial charge in [-0.05, 0) is 30.7 Å². The van der Waals surface area contributed by atoms with Gasteiger partial charge in [0.2, 0.25) is 5.91 Å². The van der Waals surface area contributed by atoms with E-state index in [4.69, 9.17) is 9.47 Å². The number of hydrazine groups is 1. The van der Waals surface area contributed by atoms with Gasteiger partial charge in [-0.3, -0.25) is 15.6 Å². The average Bonchev–Trinajstić information content (AvgIpc) is 3.15. The molecule has 6 heteroatoms. The first kappa shape index (κ1) is 18.3. The second-order valence-electron chi connectivity index (χ2n) is 6.89. The third-order valence-electron chi connectivity index (χ3n) is 4.87. The smallest absolute Gasteiger partial charge is 0.220 e. The Morgan fingerprint density at radius 3 is 2.84 bits per heavy atom. The first-order valence-electron chi connectivity index (χ1n) is 9.29. The molecule has 2 fully saturated rings. The molecule has 2 atom stereocenters. The summed E-state index contributed by atoms with van der Waals surface area (Å²) in [5.74, 6) is 0.732. The molecule has 0 saturated carbocycles. The summed E-state index contributed by atoms with van der Waals surface area (Å²) in [7, 11) is 0. The van der Waals surface area contributed by atoms with Crippen LogP contribution in [0.3, 0.4) is 0 Å². The predicted octanol–water partition coefficient (Wildman–Crippen LogP) is 1.37. The van der Waals surface area contributed by atoms with Crippen LogP contribution < -0.4 is 16.2 Å². The van der Waals surface area contributed by atoms with E-state index < -0.39 is 0 Å². The Labute approximate surface area is 149 Å². The summed E-state index contributed by atoms with van der Waals surface area (Å²) in [6, 6.07) is 10.1. The number of carbonyl (C=O) groups excluding carboxylic acids is 1. The first-order chi connectivity index (χ1) is 12.3. The SMILES string of the molecule is O=C(CCCC1CNNC1)N[C@@H]1COCC[C@@H]1OCc1ccccc1. The van der Waals surface area contributed by atoms with Gasteiger partial charge in [-0.25, -0.2) is 0 Å². The zero-order valence-corrected chi connectivity index (χ0v) is 14.7. The van der Waals surface area contributed by atoms with Gasteiger partial charge in [0.1, 0.15) is 0 Å². The summed E-state index contributed by atoms with van der Waals surface area (Å²) in [5, 5.41) is 3.11. The van der Waals surface area contributed by atoms with Crippen LogP contribution in [0, 0.1) is 5.92 Å². The van der Waals surface area contributed by atoms with Crippen LogP contribution in [-0.4, -0.2) is 44.4 Å². The molecule has 6 nitrogen and oxygen atoms in total. The second kappa shape index (κ2) is 9.87. The minimum Gasteiger partial charge on any atom is -0.379 e. The molecule has 1 aromatic rings. The van der Waals surface area contributed by atoms with Crippen molar-refractivity contribution in [2.24, 2.45) is 5.92 Å². The number of nitrogens with one attached hydrogen (secondary N) is 3. The van der Waals surface area contributed by atoms with E-state index in [1.807, 2.05) is 18.2 Å². The van der Waals surface area contributed by atoms with Gasteiger partial charge in [-0.1, -0.05) is 30.3 Å². The van der Waals surface area contributed by atoms with E-state index in [1.165, 1.54) is 0 Å². The molecule has 2 aliphatic heterocycles. The summed E-state index contributed by atoms with van der Waals surface area (Å²) < 4.78 is 11.6. The van der Waals surface area contributed by atoms with Gasteiger partial charge < -0.3 is 14.8 Å². The largest absolute Gasteiger partial charge is 0.379 e. The minimum atomic E-state index is -0.0558. The quantitative estimate of drug-likeness (QED) is 0.663. The molecule has 138 valence electrons. The Kier molecular flexibility index (Phi) is 7.23. The normalized spacial score (nSPS) is 24.3. The van der Waals surface area contributed by atoms with Crippen LogP contribution in [0.5, 0.6) is 0 Å². The molecule has 25 heavy (non-hydrogen) atoms. The maximum absolute atomic E-state index is 12.3. The van der Waals surface area contributed by atoms with E-state index in [1.54, 1.807) is 0 Å². The fourth-order valence-electron chi connectivity index (χ4n) is 3.37. The summed E-state index contributed by atoms with van der Waals surface area (Å²) in [5.41, 5.74) is 7.40. The van der Waals surface area contributed by atoms with Crippen molar-refractivity contribution < 1.29 is 14.3 Å². The third-order valence-corrected chi connectivity index (χ3v) is 4.87. The molecule has 0 unspecified atom stereocenters. The lowest BCUT2D eigenvalue weighted by Crippen LogP contribution is -2.50. The maximum atomic E-state index is 12.3. The molecule has 0 radical (unpaired) electrons. The van der Waals surface area contributed by atoms with Gasteiger partial charge in [-0.15, -0.1) is 0 Å². The predicted molar refractivity (Wildman–Crippen MR) is 95.7 cm³/mol. The standard InChI is InChI=1S/C19H29N3O3/c23-19(8-4-7-16-11-20-21-12-16)22-17-14-24-10-9-18(17)25-13-15-5-2-1-3-6-15/h1-3,5-6,16-18,20-21H,4,7-14H2,(H,22,23)/t17-,18+/m1/s1. The topological polar surface area (TPSA) is 71.6 Å². The van der Waals surface area contributed by atoms with E-state index in [0.717, 1.165) is 37.9 Å². The van der Waals surface area contributed by atoms with Crippen molar-refractivity contribution in [2.75, 3.05) is 26.3 Å². The molecular weight excluding hydrogens is 318 g/mol. The number of benzene rings is 1. The molecule has 0 spiro atoms. The third kappa shape index (κ3) is 6.08. The summed E-state index contributed by atoms with van der Waals surface area (Å²) in [6.45, 7) is 3.77. The number of hydrogen-bond donors (Lipinski definition) is 3. The first-order valence-corrected chi connectivity index (χ1v) is 9.29. The Hall–Kier alpha value is -1.47. The Balaban J connectivity index is 1.39. The zero-order valence-electron chi connectivity index (χ0n) is 14.7. The van der Waals surface area contributed by atoms with E-state index >= 15 is 0 Å². The second-order valence-corrected chi connectivity index (χ2v) is 6.89.